The summed E-state index contributed by atoms with van der Waals surface area (Å²) in [6, 6.07) is 4.86. The molecule has 4 heterocycles. The van der Waals surface area contributed by atoms with Crippen LogP contribution in [0, 0.1) is 18.7 Å². The molecule has 1 aliphatic rings. The van der Waals surface area contributed by atoms with Crippen LogP contribution >= 0.6 is 0 Å². The molecule has 3 aromatic heterocycles. The summed E-state index contributed by atoms with van der Waals surface area (Å²) in [6.07, 6.45) is 6.38. The Morgan fingerprint density at radius 2 is 1.92 bits per heavy atom. The van der Waals surface area contributed by atoms with Crippen LogP contribution in [0.1, 0.15) is 61.0 Å². The van der Waals surface area contributed by atoms with Crippen molar-refractivity contribution in [2.45, 2.75) is 52.0 Å². The second-order valence-corrected chi connectivity index (χ2v) is 10.1. The van der Waals surface area contributed by atoms with Crippen LogP contribution in [0.4, 0.5) is 14.5 Å². The van der Waals surface area contributed by atoms with Crippen molar-refractivity contribution in [3.63, 3.8) is 0 Å². The van der Waals surface area contributed by atoms with Crippen molar-refractivity contribution in [1.82, 2.24) is 24.4 Å². The number of aromatic nitrogens is 5. The van der Waals surface area contributed by atoms with Gasteiger partial charge in [-0.15, -0.1) is 0 Å². The van der Waals surface area contributed by atoms with E-state index in [1.807, 2.05) is 6.07 Å². The molecule has 1 amide bonds. The van der Waals surface area contributed by atoms with Crippen molar-refractivity contribution in [2.24, 2.45) is 0 Å². The SMILES string of the molecule is Cc1cc(F)c(NC(=O)c2cnn(C(C)(C)C)c2F)cc1-c1cc(C2CCOCC2)c2nccn2n1. The molecular formula is C26H28F2N6O2. The van der Waals surface area contributed by atoms with E-state index < -0.39 is 23.2 Å². The number of ether oxygens (including phenoxy) is 1. The summed E-state index contributed by atoms with van der Waals surface area (Å²) in [5.41, 5.74) is 2.80. The monoisotopic (exact) mass is 494 g/mol. The molecule has 1 aromatic carbocycles. The lowest BCUT2D eigenvalue weighted by Gasteiger charge is -2.23. The summed E-state index contributed by atoms with van der Waals surface area (Å²) < 4.78 is 38.1. The van der Waals surface area contributed by atoms with Gasteiger partial charge < -0.3 is 10.1 Å². The van der Waals surface area contributed by atoms with Crippen LogP contribution < -0.4 is 5.32 Å². The number of carbonyl (C=O) groups excluding carboxylic acids is 1. The molecule has 1 saturated heterocycles. The first-order valence-electron chi connectivity index (χ1n) is 11.9. The summed E-state index contributed by atoms with van der Waals surface area (Å²) in [7, 11) is 0. The molecule has 188 valence electrons. The van der Waals surface area contributed by atoms with Crippen LogP contribution in [0.25, 0.3) is 16.9 Å². The van der Waals surface area contributed by atoms with Gasteiger partial charge in [0.05, 0.1) is 23.1 Å². The zero-order valence-corrected chi connectivity index (χ0v) is 20.7. The van der Waals surface area contributed by atoms with E-state index in [0.717, 1.165) is 34.9 Å². The molecule has 1 N–H and O–H groups in total. The molecule has 4 aromatic rings. The number of hydrogen-bond acceptors (Lipinski definition) is 5. The van der Waals surface area contributed by atoms with Crippen LogP contribution in [-0.4, -0.2) is 43.5 Å². The van der Waals surface area contributed by atoms with Gasteiger partial charge in [-0.3, -0.25) is 4.79 Å². The van der Waals surface area contributed by atoms with Gasteiger partial charge in [-0.05, 0) is 70.2 Å². The van der Waals surface area contributed by atoms with E-state index in [1.165, 1.54) is 12.1 Å². The number of aryl methyl sites for hydroxylation is 1. The highest BCUT2D eigenvalue weighted by atomic mass is 19.1. The summed E-state index contributed by atoms with van der Waals surface area (Å²) in [6.45, 7) is 8.47. The Bertz CT molecular complexity index is 1450. The second kappa shape index (κ2) is 9.09. The van der Waals surface area contributed by atoms with Gasteiger partial charge in [0.25, 0.3) is 5.91 Å². The van der Waals surface area contributed by atoms with Gasteiger partial charge in [0.2, 0.25) is 5.95 Å². The largest absolute Gasteiger partial charge is 0.381 e. The third-order valence-electron chi connectivity index (χ3n) is 6.48. The number of halogens is 2. The van der Waals surface area contributed by atoms with Crippen molar-refractivity contribution in [3.05, 3.63) is 65.2 Å². The Kier molecular flexibility index (Phi) is 6.07. The highest BCUT2D eigenvalue weighted by Crippen LogP contribution is 2.34. The standard InChI is InChI=1S/C26H28F2N6O2/c1-15-11-20(27)22(31-25(35)19-14-30-34(23(19)28)26(2,3)4)12-17(15)21-13-18(16-5-9-36-10-6-16)24-29-7-8-33(24)32-21/h7-8,11-14,16H,5-6,9-10H2,1-4H3,(H,31,35). The maximum Gasteiger partial charge on any atom is 0.262 e. The zero-order chi connectivity index (χ0) is 25.6. The van der Waals surface area contributed by atoms with Crippen molar-refractivity contribution in [3.8, 4) is 11.3 Å². The third-order valence-corrected chi connectivity index (χ3v) is 6.48. The second-order valence-electron chi connectivity index (χ2n) is 10.1. The van der Waals surface area contributed by atoms with Crippen LogP contribution in [0.15, 0.2) is 36.8 Å². The highest BCUT2D eigenvalue weighted by Gasteiger charge is 2.26. The van der Waals surface area contributed by atoms with Gasteiger partial charge in [0, 0.05) is 36.7 Å². The average Bonchev–Trinajstić information content (AvgIpc) is 3.47. The number of fused-ring (bicyclic) bond motifs is 1. The van der Waals surface area contributed by atoms with Gasteiger partial charge in [0.1, 0.15) is 11.4 Å². The minimum Gasteiger partial charge on any atom is -0.381 e. The first-order valence-corrected chi connectivity index (χ1v) is 11.9. The lowest BCUT2D eigenvalue weighted by atomic mass is 9.91. The number of benzene rings is 1. The fraction of sp³-hybridized carbons (Fsp3) is 0.385. The highest BCUT2D eigenvalue weighted by molar-refractivity contribution is 6.04. The summed E-state index contributed by atoms with van der Waals surface area (Å²) >= 11 is 0. The van der Waals surface area contributed by atoms with Crippen LogP contribution in [0.3, 0.4) is 0 Å². The first kappa shape index (κ1) is 24.1. The van der Waals surface area contributed by atoms with E-state index in [2.05, 4.69) is 20.5 Å². The Hall–Kier alpha value is -3.66. The minimum absolute atomic E-state index is 0.0661. The average molecular weight is 495 g/mol. The molecule has 8 nitrogen and oxygen atoms in total. The Balaban J connectivity index is 1.52. The van der Waals surface area contributed by atoms with Crippen molar-refractivity contribution >= 4 is 17.2 Å². The lowest BCUT2D eigenvalue weighted by Crippen LogP contribution is -2.25. The molecule has 1 aliphatic heterocycles. The normalized spacial score (nSPS) is 14.9. The number of hydrogen-bond donors (Lipinski definition) is 1. The fourth-order valence-corrected chi connectivity index (χ4v) is 4.57. The number of imidazole rings is 1. The van der Waals surface area contributed by atoms with Gasteiger partial charge in [-0.2, -0.15) is 14.6 Å². The Labute approximate surface area is 207 Å². The lowest BCUT2D eigenvalue weighted by molar-refractivity contribution is 0.0855. The zero-order valence-electron chi connectivity index (χ0n) is 20.7. The number of nitrogens with zero attached hydrogens (tertiary/aromatic N) is 5. The molecule has 0 atom stereocenters. The maximum atomic E-state index is 14.9. The number of amides is 1. The molecule has 0 saturated carbocycles. The third kappa shape index (κ3) is 4.37. The smallest absolute Gasteiger partial charge is 0.262 e. The molecule has 0 aliphatic carbocycles. The van der Waals surface area contributed by atoms with Crippen molar-refractivity contribution in [2.75, 3.05) is 18.5 Å². The van der Waals surface area contributed by atoms with Gasteiger partial charge in [0.15, 0.2) is 5.65 Å². The predicted molar refractivity (Wildman–Crippen MR) is 131 cm³/mol. The molecule has 0 spiro atoms. The Morgan fingerprint density at radius 1 is 1.17 bits per heavy atom. The number of rotatable bonds is 4. The van der Waals surface area contributed by atoms with Crippen LogP contribution in [0.5, 0.6) is 0 Å². The van der Waals surface area contributed by atoms with Crippen molar-refractivity contribution in [1.29, 1.82) is 0 Å². The Morgan fingerprint density at radius 3 is 2.61 bits per heavy atom. The minimum atomic E-state index is -0.780. The summed E-state index contributed by atoms with van der Waals surface area (Å²) in [5, 5.41) is 11.2. The van der Waals surface area contributed by atoms with E-state index in [9.17, 15) is 13.6 Å². The molecule has 0 radical (unpaired) electrons. The number of nitrogens with one attached hydrogen (secondary N) is 1. The van der Waals surface area contributed by atoms with E-state index in [4.69, 9.17) is 4.74 Å². The summed E-state index contributed by atoms with van der Waals surface area (Å²) in [5.74, 6) is -1.91. The molecule has 5 rings (SSSR count). The van der Waals surface area contributed by atoms with E-state index in [0.29, 0.717) is 30.0 Å². The van der Waals surface area contributed by atoms with E-state index in [1.54, 1.807) is 44.6 Å². The molecule has 10 heteroatoms. The first-order chi connectivity index (χ1) is 17.1. The van der Waals surface area contributed by atoms with Crippen LogP contribution in [0.2, 0.25) is 0 Å². The number of anilines is 1. The summed E-state index contributed by atoms with van der Waals surface area (Å²) in [4.78, 5) is 17.3. The molecule has 0 unspecified atom stereocenters. The molecule has 1 fully saturated rings. The fourth-order valence-electron chi connectivity index (χ4n) is 4.57. The van der Waals surface area contributed by atoms with Gasteiger partial charge in [-0.1, -0.05) is 0 Å². The topological polar surface area (TPSA) is 86.3 Å². The number of carbonyl (C=O) groups is 1. The predicted octanol–water partition coefficient (Wildman–Crippen LogP) is 5.08. The van der Waals surface area contributed by atoms with Gasteiger partial charge in [-0.25, -0.2) is 18.6 Å². The quantitative estimate of drug-likeness (QED) is 0.428. The van der Waals surface area contributed by atoms with Gasteiger partial charge >= 0.3 is 0 Å². The van der Waals surface area contributed by atoms with E-state index in [-0.39, 0.29) is 17.2 Å². The molecule has 36 heavy (non-hydrogen) atoms. The maximum absolute atomic E-state index is 14.9. The van der Waals surface area contributed by atoms with E-state index >= 15 is 0 Å². The van der Waals surface area contributed by atoms with Crippen molar-refractivity contribution < 1.29 is 18.3 Å². The molecular weight excluding hydrogens is 466 g/mol. The van der Waals surface area contributed by atoms with Crippen LogP contribution in [-0.2, 0) is 10.3 Å². The molecule has 0 bridgehead atoms.